The molecule has 0 atom stereocenters. The zero-order valence-corrected chi connectivity index (χ0v) is 17.8. The summed E-state index contributed by atoms with van der Waals surface area (Å²) in [6.45, 7) is 2.89. The second kappa shape index (κ2) is 15.6. The van der Waals surface area contributed by atoms with E-state index in [4.69, 9.17) is 5.73 Å². The maximum Gasteiger partial charge on any atom is 4.00 e. The third-order valence-corrected chi connectivity index (χ3v) is 3.69. The number of hydrogen-bond donors (Lipinski definition) is 2. The summed E-state index contributed by atoms with van der Waals surface area (Å²) >= 11 is 0. The van der Waals surface area contributed by atoms with Crippen LogP contribution in [0, 0.1) is 0 Å². The van der Waals surface area contributed by atoms with Gasteiger partial charge in [0.05, 0.1) is 12.5 Å². The van der Waals surface area contributed by atoms with Gasteiger partial charge in [0.1, 0.15) is 0 Å². The van der Waals surface area contributed by atoms with Crippen molar-refractivity contribution in [1.82, 2.24) is 25.9 Å². The van der Waals surface area contributed by atoms with E-state index in [-0.39, 0.29) is 34.5 Å². The predicted molar refractivity (Wildman–Crippen MR) is 112 cm³/mol. The third kappa shape index (κ3) is 10.9. The van der Waals surface area contributed by atoms with Gasteiger partial charge >= 0.3 is 17.1 Å². The van der Waals surface area contributed by atoms with Gasteiger partial charge in [0.2, 0.25) is 0 Å². The molecule has 10 nitrogen and oxygen atoms in total. The van der Waals surface area contributed by atoms with Crippen molar-refractivity contribution in [2.45, 2.75) is 6.42 Å². The van der Waals surface area contributed by atoms with Crippen molar-refractivity contribution in [2.24, 2.45) is 9.98 Å². The van der Waals surface area contributed by atoms with Crippen molar-refractivity contribution in [3.05, 3.63) is 59.7 Å². The van der Waals surface area contributed by atoms with Crippen LogP contribution in [0.2, 0.25) is 0 Å². The van der Waals surface area contributed by atoms with Crippen LogP contribution in [0.3, 0.4) is 0 Å². The molecule has 2 aromatic carbocycles. The topological polar surface area (TPSA) is 162 Å². The molecule has 0 bridgehead atoms. The van der Waals surface area contributed by atoms with Crippen LogP contribution in [0.15, 0.2) is 58.5 Å². The van der Waals surface area contributed by atoms with Gasteiger partial charge in [0.25, 0.3) is 0 Å². The quantitative estimate of drug-likeness (QED) is 0.250. The molecule has 3 rings (SSSR count). The standard InChI is InChI=1S/C19H23N3O2.CH2N5.Fe/c23-18-8-3-1-6-16(18)14-21-11-5-10-20-12-13-22-15-17-7-2-4-9-19(17)24;2-1-3-5-6-4-1;/h1-4,6-9,14-15,20,23-24H,5,10-13H2;(H2-,2,3,4,5,6);/q;-1;+4/p-2. The summed E-state index contributed by atoms with van der Waals surface area (Å²) in [6.07, 6.45) is 4.15. The first-order valence-electron chi connectivity index (χ1n) is 9.33. The summed E-state index contributed by atoms with van der Waals surface area (Å²) in [6, 6.07) is 13.7. The van der Waals surface area contributed by atoms with Crippen LogP contribution in [-0.2, 0) is 17.1 Å². The minimum atomic E-state index is -0.00766. The van der Waals surface area contributed by atoms with Gasteiger partial charge in [0.15, 0.2) is 0 Å². The number of nitrogens with two attached hydrogens (primary N) is 1. The summed E-state index contributed by atoms with van der Waals surface area (Å²) in [4.78, 5) is 8.49. The molecule has 0 aliphatic rings. The fraction of sp³-hybridized carbons (Fsp3) is 0.250. The molecule has 0 unspecified atom stereocenters. The summed E-state index contributed by atoms with van der Waals surface area (Å²) in [7, 11) is 0. The van der Waals surface area contributed by atoms with Crippen LogP contribution >= 0.6 is 0 Å². The molecular formula is C20H23FeN8O2+. The van der Waals surface area contributed by atoms with Gasteiger partial charge in [-0.15, -0.1) is 16.7 Å². The maximum absolute atomic E-state index is 11.5. The van der Waals surface area contributed by atoms with Gasteiger partial charge in [-0.2, -0.15) is 5.21 Å². The van der Waals surface area contributed by atoms with Crippen molar-refractivity contribution in [1.29, 1.82) is 0 Å². The largest absolute Gasteiger partial charge is 4.00 e. The van der Waals surface area contributed by atoms with E-state index in [9.17, 15) is 10.2 Å². The van der Waals surface area contributed by atoms with E-state index < -0.39 is 0 Å². The summed E-state index contributed by atoms with van der Waals surface area (Å²) < 4.78 is 0. The molecule has 3 aromatic rings. The first-order valence-corrected chi connectivity index (χ1v) is 9.33. The van der Waals surface area contributed by atoms with Crippen molar-refractivity contribution < 1.29 is 27.3 Å². The fourth-order valence-electron chi connectivity index (χ4n) is 2.22. The summed E-state index contributed by atoms with van der Waals surface area (Å²) in [5, 5.41) is 38.8. The Morgan fingerprint density at radius 1 is 0.903 bits per heavy atom. The van der Waals surface area contributed by atoms with Gasteiger partial charge in [-0.05, 0) is 24.1 Å². The summed E-state index contributed by atoms with van der Waals surface area (Å²) in [5.41, 5.74) is 6.17. The molecule has 1 aromatic heterocycles. The van der Waals surface area contributed by atoms with Crippen molar-refractivity contribution >= 4 is 18.4 Å². The van der Waals surface area contributed by atoms with E-state index in [2.05, 4.69) is 35.9 Å². The normalized spacial score (nSPS) is 10.6. The smallest absolute Gasteiger partial charge is 0.872 e. The SMILES string of the molecule is Nc1nnn[n-]1.[Fe+4].[O-]c1ccccc1C=NCCCNCCN=Cc1ccccc1[O-]. The Morgan fingerprint density at radius 3 is 1.97 bits per heavy atom. The molecule has 162 valence electrons. The Labute approximate surface area is 191 Å². The average molecular weight is 463 g/mol. The zero-order valence-electron chi connectivity index (χ0n) is 16.7. The number of hydrogen-bond acceptors (Lipinski definition) is 9. The van der Waals surface area contributed by atoms with Crippen LogP contribution in [0.5, 0.6) is 11.5 Å². The fourth-order valence-corrected chi connectivity index (χ4v) is 2.22. The molecule has 0 spiro atoms. The van der Waals surface area contributed by atoms with Gasteiger partial charge in [-0.3, -0.25) is 15.1 Å². The maximum atomic E-state index is 11.5. The Bertz CT molecular complexity index is 860. The van der Waals surface area contributed by atoms with E-state index >= 15 is 0 Å². The van der Waals surface area contributed by atoms with Crippen LogP contribution in [0.4, 0.5) is 5.95 Å². The number of para-hydroxylation sites is 2. The Kier molecular flexibility index (Phi) is 12.9. The molecule has 0 fully saturated rings. The second-order valence-electron chi connectivity index (χ2n) is 5.99. The number of anilines is 1. The number of nitrogens with zero attached hydrogens (tertiary/aromatic N) is 6. The minimum Gasteiger partial charge on any atom is -0.872 e. The second-order valence-corrected chi connectivity index (χ2v) is 5.99. The molecule has 0 saturated heterocycles. The van der Waals surface area contributed by atoms with Crippen molar-refractivity contribution in [3.8, 4) is 11.5 Å². The van der Waals surface area contributed by atoms with Gasteiger partial charge in [-0.25, -0.2) is 5.10 Å². The molecule has 0 aliphatic heterocycles. The third-order valence-electron chi connectivity index (χ3n) is 3.69. The molecule has 1 heterocycles. The number of aromatic nitrogens is 4. The molecular weight excluding hydrogens is 440 g/mol. The number of tetrazole rings is 1. The number of nitrogens with one attached hydrogen (secondary N) is 1. The average Bonchev–Trinajstić information content (AvgIpc) is 3.23. The summed E-state index contributed by atoms with van der Waals surface area (Å²) in [5.74, 6) is 0.110. The Balaban J connectivity index is 0.000000591. The minimum absolute atomic E-state index is 0. The van der Waals surface area contributed by atoms with Crippen molar-refractivity contribution in [3.63, 3.8) is 0 Å². The Hall–Kier alpha value is -3.27. The molecule has 3 N–H and O–H groups in total. The first kappa shape index (κ1) is 25.8. The van der Waals surface area contributed by atoms with Crippen molar-refractivity contribution in [2.75, 3.05) is 31.9 Å². The van der Waals surface area contributed by atoms with E-state index in [1.165, 1.54) is 12.1 Å². The van der Waals surface area contributed by atoms with Crippen LogP contribution in [-0.4, -0.2) is 54.1 Å². The van der Waals surface area contributed by atoms with Gasteiger partial charge in [-0.1, -0.05) is 48.5 Å². The van der Waals surface area contributed by atoms with Crippen LogP contribution in [0.1, 0.15) is 17.5 Å². The molecule has 0 saturated carbocycles. The number of benzene rings is 2. The molecule has 11 heteroatoms. The number of rotatable bonds is 9. The number of nitrogen functional groups attached to an aromatic ring is 1. The van der Waals surface area contributed by atoms with Crippen LogP contribution < -0.4 is 26.4 Å². The first-order chi connectivity index (χ1) is 14.7. The molecule has 0 aliphatic carbocycles. The van der Waals surface area contributed by atoms with E-state index in [0.717, 1.165) is 19.5 Å². The van der Waals surface area contributed by atoms with E-state index in [1.54, 1.807) is 36.7 Å². The Morgan fingerprint density at radius 2 is 1.48 bits per heavy atom. The van der Waals surface area contributed by atoms with E-state index in [0.29, 0.717) is 24.2 Å². The molecule has 0 amide bonds. The predicted octanol–water partition coefficient (Wildman–Crippen LogP) is -0.240. The van der Waals surface area contributed by atoms with Crippen LogP contribution in [0.25, 0.3) is 0 Å². The molecule has 0 radical (unpaired) electrons. The zero-order chi connectivity index (χ0) is 21.4. The molecule has 31 heavy (non-hydrogen) atoms. The monoisotopic (exact) mass is 463 g/mol. The van der Waals surface area contributed by atoms with E-state index in [1.807, 2.05) is 12.1 Å². The van der Waals surface area contributed by atoms with Gasteiger partial charge < -0.3 is 21.3 Å². The van der Waals surface area contributed by atoms with Gasteiger partial charge in [0, 0.05) is 25.5 Å². The number of aliphatic imine (C=N–C) groups is 2.